The van der Waals surface area contributed by atoms with Gasteiger partial charge in [-0.05, 0) is 43.5 Å². The number of carbonyl (C=O) groups is 2. The molecule has 0 spiro atoms. The first-order valence-corrected chi connectivity index (χ1v) is 8.18. The van der Waals surface area contributed by atoms with Crippen molar-refractivity contribution in [2.45, 2.75) is 39.3 Å². The minimum absolute atomic E-state index is 0. The maximum atomic E-state index is 12.2. The molecular formula is C17H26Cl2N6O2. The van der Waals surface area contributed by atoms with Crippen LogP contribution in [0.4, 0.5) is 11.4 Å². The summed E-state index contributed by atoms with van der Waals surface area (Å²) in [6.45, 7) is 5.77. The first-order chi connectivity index (χ1) is 11.9. The molecule has 1 heterocycles. The highest BCUT2D eigenvalue weighted by molar-refractivity contribution is 5.96. The SMILES string of the molecule is CC(C)C[C@H](N)C(=O)Nc1ccc(NC(=O)C(C)n2cncn2)cc1.Cl.Cl. The van der Waals surface area contributed by atoms with Gasteiger partial charge in [-0.25, -0.2) is 9.67 Å². The van der Waals surface area contributed by atoms with Gasteiger partial charge in [-0.1, -0.05) is 13.8 Å². The number of amides is 2. The van der Waals surface area contributed by atoms with E-state index >= 15 is 0 Å². The standard InChI is InChI=1S/C17H24N6O2.2ClH/c1-11(2)8-15(18)17(25)22-14-6-4-13(5-7-14)21-16(24)12(3)23-10-19-9-20-23;;/h4-7,9-12,15H,8,18H2,1-3H3,(H,21,24)(H,22,25);2*1H/t12?,15-;;/m0../s1. The molecule has 0 fully saturated rings. The number of benzene rings is 1. The van der Waals surface area contributed by atoms with Crippen LogP contribution in [0.25, 0.3) is 0 Å². The number of halogens is 2. The maximum absolute atomic E-state index is 12.2. The number of rotatable bonds is 7. The van der Waals surface area contributed by atoms with Gasteiger partial charge in [0.1, 0.15) is 18.7 Å². The maximum Gasteiger partial charge on any atom is 0.249 e. The van der Waals surface area contributed by atoms with Gasteiger partial charge in [0.05, 0.1) is 6.04 Å². The molecule has 2 amide bonds. The fourth-order valence-corrected chi connectivity index (χ4v) is 2.27. The molecule has 1 unspecified atom stereocenters. The molecule has 0 bridgehead atoms. The van der Waals surface area contributed by atoms with Crippen LogP contribution in [0, 0.1) is 5.92 Å². The Bertz CT molecular complexity index is 707. The van der Waals surface area contributed by atoms with E-state index in [2.05, 4.69) is 20.7 Å². The van der Waals surface area contributed by atoms with Crippen molar-refractivity contribution >= 4 is 48.0 Å². The lowest BCUT2D eigenvalue weighted by Gasteiger charge is -2.15. The zero-order chi connectivity index (χ0) is 18.4. The topological polar surface area (TPSA) is 115 Å². The molecule has 2 rings (SSSR count). The number of nitrogens with zero attached hydrogens (tertiary/aromatic N) is 3. The lowest BCUT2D eigenvalue weighted by Crippen LogP contribution is -2.36. The van der Waals surface area contributed by atoms with Crippen molar-refractivity contribution in [3.63, 3.8) is 0 Å². The van der Waals surface area contributed by atoms with Crippen molar-refractivity contribution in [1.82, 2.24) is 14.8 Å². The number of aromatic nitrogens is 3. The van der Waals surface area contributed by atoms with Crippen molar-refractivity contribution in [3.05, 3.63) is 36.9 Å². The second-order valence-electron chi connectivity index (χ2n) is 6.34. The molecule has 2 aromatic rings. The molecule has 4 N–H and O–H groups in total. The highest BCUT2D eigenvalue weighted by atomic mass is 35.5. The molecule has 0 aliphatic heterocycles. The van der Waals surface area contributed by atoms with Crippen LogP contribution < -0.4 is 16.4 Å². The Morgan fingerprint density at radius 3 is 2.00 bits per heavy atom. The summed E-state index contributed by atoms with van der Waals surface area (Å²) in [5, 5.41) is 9.52. The zero-order valence-electron chi connectivity index (χ0n) is 15.5. The average Bonchev–Trinajstić information content (AvgIpc) is 3.09. The summed E-state index contributed by atoms with van der Waals surface area (Å²) in [5.74, 6) is -0.0724. The lowest BCUT2D eigenvalue weighted by molar-refractivity contribution is -0.119. The third-order valence-electron chi connectivity index (χ3n) is 3.69. The molecule has 8 nitrogen and oxygen atoms in total. The van der Waals surface area contributed by atoms with Gasteiger partial charge in [-0.15, -0.1) is 24.8 Å². The summed E-state index contributed by atoms with van der Waals surface area (Å²) in [5.41, 5.74) is 7.12. The monoisotopic (exact) mass is 416 g/mol. The third kappa shape index (κ3) is 7.54. The Morgan fingerprint density at radius 2 is 1.56 bits per heavy atom. The number of hydrogen-bond acceptors (Lipinski definition) is 5. The predicted octanol–water partition coefficient (Wildman–Crippen LogP) is 2.63. The number of hydrogen-bond donors (Lipinski definition) is 3. The average molecular weight is 417 g/mol. The Morgan fingerprint density at radius 1 is 1.04 bits per heavy atom. The second kappa shape index (κ2) is 11.5. The van der Waals surface area contributed by atoms with Crippen LogP contribution in [0.2, 0.25) is 0 Å². The molecule has 0 saturated heterocycles. The second-order valence-corrected chi connectivity index (χ2v) is 6.34. The molecule has 27 heavy (non-hydrogen) atoms. The largest absolute Gasteiger partial charge is 0.325 e. The van der Waals surface area contributed by atoms with Crippen LogP contribution in [0.5, 0.6) is 0 Å². The summed E-state index contributed by atoms with van der Waals surface area (Å²) in [7, 11) is 0. The summed E-state index contributed by atoms with van der Waals surface area (Å²) in [4.78, 5) is 28.0. The molecular weight excluding hydrogens is 391 g/mol. The van der Waals surface area contributed by atoms with E-state index in [-0.39, 0.29) is 36.6 Å². The Balaban J connectivity index is 0.00000338. The van der Waals surface area contributed by atoms with Gasteiger partial charge in [-0.2, -0.15) is 5.10 Å². The molecule has 0 aliphatic rings. The predicted molar refractivity (Wildman–Crippen MR) is 110 cm³/mol. The highest BCUT2D eigenvalue weighted by Gasteiger charge is 2.16. The van der Waals surface area contributed by atoms with E-state index in [9.17, 15) is 9.59 Å². The molecule has 0 aliphatic carbocycles. The summed E-state index contributed by atoms with van der Waals surface area (Å²) in [6, 6.07) is 5.86. The highest BCUT2D eigenvalue weighted by Crippen LogP contribution is 2.16. The van der Waals surface area contributed by atoms with Gasteiger partial charge < -0.3 is 16.4 Å². The Labute approximate surface area is 171 Å². The van der Waals surface area contributed by atoms with E-state index in [1.165, 1.54) is 17.3 Å². The van der Waals surface area contributed by atoms with Gasteiger partial charge >= 0.3 is 0 Å². The smallest absolute Gasteiger partial charge is 0.249 e. The van der Waals surface area contributed by atoms with Crippen LogP contribution in [0.1, 0.15) is 33.2 Å². The van der Waals surface area contributed by atoms with Crippen LogP contribution >= 0.6 is 24.8 Å². The number of carbonyl (C=O) groups excluding carboxylic acids is 2. The molecule has 0 radical (unpaired) electrons. The van der Waals surface area contributed by atoms with E-state index in [0.717, 1.165) is 0 Å². The Hall–Kier alpha value is -2.16. The number of anilines is 2. The van der Waals surface area contributed by atoms with Crippen molar-refractivity contribution in [2.75, 3.05) is 10.6 Å². The molecule has 2 atom stereocenters. The van der Waals surface area contributed by atoms with E-state index in [1.54, 1.807) is 31.2 Å². The van der Waals surface area contributed by atoms with E-state index < -0.39 is 12.1 Å². The van der Waals surface area contributed by atoms with Gasteiger partial charge in [0.15, 0.2) is 0 Å². The molecule has 150 valence electrons. The van der Waals surface area contributed by atoms with Crippen molar-refractivity contribution in [3.8, 4) is 0 Å². The summed E-state index contributed by atoms with van der Waals surface area (Å²) >= 11 is 0. The minimum Gasteiger partial charge on any atom is -0.325 e. The molecule has 1 aromatic carbocycles. The fraction of sp³-hybridized carbons (Fsp3) is 0.412. The lowest BCUT2D eigenvalue weighted by atomic mass is 10.0. The van der Waals surface area contributed by atoms with Gasteiger partial charge in [0.25, 0.3) is 0 Å². The normalized spacial score (nSPS) is 12.3. The molecule has 1 aromatic heterocycles. The first-order valence-electron chi connectivity index (χ1n) is 8.18. The molecule has 10 heteroatoms. The Kier molecular flexibility index (Phi) is 10.6. The molecule has 0 saturated carbocycles. The van der Waals surface area contributed by atoms with Crippen molar-refractivity contribution < 1.29 is 9.59 Å². The van der Waals surface area contributed by atoms with Crippen molar-refractivity contribution in [1.29, 1.82) is 0 Å². The van der Waals surface area contributed by atoms with Crippen molar-refractivity contribution in [2.24, 2.45) is 11.7 Å². The summed E-state index contributed by atoms with van der Waals surface area (Å²) in [6.07, 6.45) is 3.49. The van der Waals surface area contributed by atoms with Gasteiger partial charge in [-0.3, -0.25) is 9.59 Å². The van der Waals surface area contributed by atoms with E-state index in [0.29, 0.717) is 23.7 Å². The van der Waals surface area contributed by atoms with E-state index in [4.69, 9.17) is 5.73 Å². The zero-order valence-corrected chi connectivity index (χ0v) is 17.1. The van der Waals surface area contributed by atoms with Crippen LogP contribution in [0.3, 0.4) is 0 Å². The third-order valence-corrected chi connectivity index (χ3v) is 3.69. The quantitative estimate of drug-likeness (QED) is 0.641. The fourth-order valence-electron chi connectivity index (χ4n) is 2.27. The first kappa shape index (κ1) is 24.8. The summed E-state index contributed by atoms with van der Waals surface area (Å²) < 4.78 is 1.47. The van der Waals surface area contributed by atoms with Gasteiger partial charge in [0, 0.05) is 11.4 Å². The van der Waals surface area contributed by atoms with Crippen LogP contribution in [-0.4, -0.2) is 32.6 Å². The van der Waals surface area contributed by atoms with Crippen LogP contribution in [-0.2, 0) is 9.59 Å². The van der Waals surface area contributed by atoms with E-state index in [1.807, 2.05) is 13.8 Å². The van der Waals surface area contributed by atoms with Crippen LogP contribution in [0.15, 0.2) is 36.9 Å². The minimum atomic E-state index is -0.539. The number of nitrogens with two attached hydrogens (primary N) is 1. The van der Waals surface area contributed by atoms with Gasteiger partial charge in [0.2, 0.25) is 11.8 Å². The number of nitrogens with one attached hydrogen (secondary N) is 2.